The van der Waals surface area contributed by atoms with E-state index in [1.807, 2.05) is 24.4 Å². The molecule has 0 amide bonds. The fourth-order valence-electron chi connectivity index (χ4n) is 9.09. The molecule has 0 spiro atoms. The van der Waals surface area contributed by atoms with Crippen molar-refractivity contribution in [3.8, 4) is 0 Å². The number of rotatable bonds is 4. The summed E-state index contributed by atoms with van der Waals surface area (Å²) in [6.07, 6.45) is 12.6. The highest BCUT2D eigenvalue weighted by atomic mass is 35.5. The molecule has 212 valence electrons. The molecule has 0 radical (unpaired) electrons. The number of piperazine rings is 1. The molecule has 6 atom stereocenters. The van der Waals surface area contributed by atoms with Crippen molar-refractivity contribution in [1.82, 2.24) is 9.88 Å². The molecule has 38 heavy (non-hydrogen) atoms. The molecule has 1 saturated heterocycles. The SMILES string of the molecule is C[C@]12CC[C@H]3[C@@H](CCC4=CC(=O)CC[C@@]43C)[C@@H]1CC[C@@H]2C(=O)CN1CCN(c2ccccn2)CC1.Cl.Cl.O. The number of ketones is 2. The number of nitrogens with zero attached hydrogens (tertiary/aromatic N) is 3. The minimum Gasteiger partial charge on any atom is -0.412 e. The van der Waals surface area contributed by atoms with E-state index in [2.05, 4.69) is 34.7 Å². The smallest absolute Gasteiger partial charge is 0.155 e. The largest absolute Gasteiger partial charge is 0.412 e. The fraction of sp³-hybridized carbons (Fsp3) is 0.700. The number of carbonyl (C=O) groups is 2. The highest BCUT2D eigenvalue weighted by Gasteiger charge is 2.60. The number of hydrogen-bond donors (Lipinski definition) is 0. The number of Topliss-reactive ketones (excluding diaryl/α,β-unsaturated/α-hetero) is 1. The van der Waals surface area contributed by atoms with Crippen molar-refractivity contribution in [3.05, 3.63) is 36.0 Å². The van der Waals surface area contributed by atoms with Gasteiger partial charge in [-0.3, -0.25) is 14.5 Å². The van der Waals surface area contributed by atoms with Crippen molar-refractivity contribution in [2.75, 3.05) is 37.6 Å². The zero-order valence-corrected chi connectivity index (χ0v) is 24.5. The van der Waals surface area contributed by atoms with Gasteiger partial charge in [-0.15, -0.1) is 24.8 Å². The van der Waals surface area contributed by atoms with E-state index in [1.165, 1.54) is 31.3 Å². The van der Waals surface area contributed by atoms with Crippen LogP contribution in [-0.2, 0) is 9.59 Å². The van der Waals surface area contributed by atoms with Gasteiger partial charge >= 0.3 is 0 Å². The van der Waals surface area contributed by atoms with Gasteiger partial charge in [0, 0.05) is 44.7 Å². The summed E-state index contributed by atoms with van der Waals surface area (Å²) in [5, 5.41) is 0. The second-order valence-corrected chi connectivity index (χ2v) is 12.6. The third-order valence-corrected chi connectivity index (χ3v) is 11.1. The van der Waals surface area contributed by atoms with Crippen molar-refractivity contribution < 1.29 is 15.1 Å². The lowest BCUT2D eigenvalue weighted by atomic mass is 9.46. The molecule has 0 unspecified atom stereocenters. The third kappa shape index (κ3) is 5.18. The van der Waals surface area contributed by atoms with Gasteiger partial charge < -0.3 is 10.4 Å². The van der Waals surface area contributed by atoms with E-state index in [1.54, 1.807) is 0 Å². The van der Waals surface area contributed by atoms with Gasteiger partial charge in [-0.25, -0.2) is 4.98 Å². The van der Waals surface area contributed by atoms with E-state index < -0.39 is 0 Å². The van der Waals surface area contributed by atoms with E-state index in [0.717, 1.165) is 63.6 Å². The number of hydrogen-bond acceptors (Lipinski definition) is 5. The van der Waals surface area contributed by atoms with E-state index in [-0.39, 0.29) is 47.0 Å². The Hall–Kier alpha value is -1.47. The predicted molar refractivity (Wildman–Crippen MR) is 156 cm³/mol. The molecule has 4 aliphatic carbocycles. The van der Waals surface area contributed by atoms with Crippen LogP contribution in [-0.4, -0.2) is 59.7 Å². The number of aromatic nitrogens is 1. The van der Waals surface area contributed by atoms with E-state index >= 15 is 0 Å². The molecule has 6 rings (SSSR count). The molecule has 5 aliphatic rings. The zero-order chi connectivity index (χ0) is 24.2. The lowest BCUT2D eigenvalue weighted by Gasteiger charge is -2.58. The first-order valence-electron chi connectivity index (χ1n) is 14.0. The van der Waals surface area contributed by atoms with E-state index in [9.17, 15) is 9.59 Å². The molecule has 1 aromatic rings. The standard InChI is InChI=1S/C30H41N3O2.2ClH.H2O/c1-29-12-10-22(34)19-21(29)6-7-23-24-8-9-26(30(24,2)13-11-25(23)29)27(35)20-32-15-17-33(18-16-32)28-5-3-4-14-31-28;;;/h3-5,14,19,23-26H,6-13,15-18,20H2,1-2H3;2*1H;1H2/t23-,24-,25-,26+,29-,30-;;;/m0.../s1. The van der Waals surface area contributed by atoms with Gasteiger partial charge in [0.05, 0.1) is 6.54 Å². The Labute approximate surface area is 240 Å². The highest BCUT2D eigenvalue weighted by molar-refractivity contribution is 5.91. The lowest BCUT2D eigenvalue weighted by molar-refractivity contribution is -0.131. The monoisotopic (exact) mass is 565 g/mol. The first-order chi connectivity index (χ1) is 16.9. The van der Waals surface area contributed by atoms with Gasteiger partial charge in [-0.2, -0.15) is 0 Å². The third-order valence-electron chi connectivity index (χ3n) is 11.1. The predicted octanol–water partition coefficient (Wildman–Crippen LogP) is 4.94. The Morgan fingerprint density at radius 1 is 0.974 bits per heavy atom. The summed E-state index contributed by atoms with van der Waals surface area (Å²) in [5.41, 5.74) is 1.82. The molecule has 2 heterocycles. The van der Waals surface area contributed by atoms with Crippen LogP contribution in [0.4, 0.5) is 5.82 Å². The minimum atomic E-state index is 0. The summed E-state index contributed by atoms with van der Waals surface area (Å²) >= 11 is 0. The Kier molecular flexibility index (Phi) is 9.77. The van der Waals surface area contributed by atoms with Gasteiger partial charge in [0.2, 0.25) is 0 Å². The summed E-state index contributed by atoms with van der Waals surface area (Å²) in [7, 11) is 0. The second kappa shape index (κ2) is 12.0. The molecular formula is C30H45Cl2N3O3. The second-order valence-electron chi connectivity index (χ2n) is 12.6. The molecule has 3 saturated carbocycles. The molecule has 2 N–H and O–H groups in total. The maximum absolute atomic E-state index is 13.7. The number of anilines is 1. The van der Waals surface area contributed by atoms with Crippen molar-refractivity contribution in [2.24, 2.45) is 34.5 Å². The molecule has 0 aromatic carbocycles. The van der Waals surface area contributed by atoms with Gasteiger partial charge in [0.1, 0.15) is 11.6 Å². The van der Waals surface area contributed by atoms with E-state index in [4.69, 9.17) is 0 Å². The number of allylic oxidation sites excluding steroid dienone is 1. The van der Waals surface area contributed by atoms with Crippen LogP contribution in [0, 0.1) is 34.5 Å². The summed E-state index contributed by atoms with van der Waals surface area (Å²) in [6.45, 7) is 9.28. The highest BCUT2D eigenvalue weighted by Crippen LogP contribution is 2.66. The normalized spacial score (nSPS) is 36.3. The van der Waals surface area contributed by atoms with Crippen LogP contribution >= 0.6 is 24.8 Å². The van der Waals surface area contributed by atoms with Crippen LogP contribution in [0.25, 0.3) is 0 Å². The average Bonchev–Trinajstić information content (AvgIpc) is 3.23. The van der Waals surface area contributed by atoms with Gasteiger partial charge in [-0.05, 0) is 91.7 Å². The molecular weight excluding hydrogens is 521 g/mol. The Morgan fingerprint density at radius 2 is 1.74 bits per heavy atom. The van der Waals surface area contributed by atoms with Crippen molar-refractivity contribution in [3.63, 3.8) is 0 Å². The summed E-state index contributed by atoms with van der Waals surface area (Å²) in [5.74, 6) is 4.19. The topological polar surface area (TPSA) is 85.0 Å². The average molecular weight is 567 g/mol. The maximum Gasteiger partial charge on any atom is 0.155 e. The van der Waals surface area contributed by atoms with Crippen LogP contribution in [0.2, 0.25) is 0 Å². The number of pyridine rings is 1. The Balaban J connectivity index is 0.00000133. The van der Waals surface area contributed by atoms with Crippen molar-refractivity contribution >= 4 is 42.2 Å². The van der Waals surface area contributed by atoms with Crippen LogP contribution in [0.15, 0.2) is 36.0 Å². The number of fused-ring (bicyclic) bond motifs is 5. The first kappa shape index (κ1) is 31.1. The van der Waals surface area contributed by atoms with Crippen LogP contribution in [0.3, 0.4) is 0 Å². The first-order valence-corrected chi connectivity index (χ1v) is 14.0. The summed E-state index contributed by atoms with van der Waals surface area (Å²) in [4.78, 5) is 35.0. The van der Waals surface area contributed by atoms with Crippen molar-refractivity contribution in [1.29, 1.82) is 0 Å². The van der Waals surface area contributed by atoms with Crippen LogP contribution in [0.5, 0.6) is 0 Å². The van der Waals surface area contributed by atoms with Gasteiger partial charge in [0.25, 0.3) is 0 Å². The molecule has 6 nitrogen and oxygen atoms in total. The molecule has 8 heteroatoms. The summed E-state index contributed by atoms with van der Waals surface area (Å²) < 4.78 is 0. The molecule has 1 aromatic heterocycles. The molecule has 1 aliphatic heterocycles. The lowest BCUT2D eigenvalue weighted by Crippen LogP contribution is -2.52. The fourth-order valence-corrected chi connectivity index (χ4v) is 9.09. The zero-order valence-electron chi connectivity index (χ0n) is 22.9. The Morgan fingerprint density at radius 3 is 2.45 bits per heavy atom. The van der Waals surface area contributed by atoms with Crippen LogP contribution < -0.4 is 4.90 Å². The quantitative estimate of drug-likeness (QED) is 0.516. The Bertz CT molecular complexity index is 1030. The van der Waals surface area contributed by atoms with Gasteiger partial charge in [0.15, 0.2) is 5.78 Å². The van der Waals surface area contributed by atoms with Crippen LogP contribution in [0.1, 0.15) is 65.2 Å². The number of carbonyl (C=O) groups excluding carboxylic acids is 2. The number of halogens is 2. The van der Waals surface area contributed by atoms with Crippen molar-refractivity contribution in [2.45, 2.75) is 65.2 Å². The van der Waals surface area contributed by atoms with E-state index in [0.29, 0.717) is 29.9 Å². The maximum atomic E-state index is 13.7. The molecule has 0 bridgehead atoms. The molecule has 4 fully saturated rings. The van der Waals surface area contributed by atoms with Gasteiger partial charge in [-0.1, -0.05) is 25.5 Å². The minimum absolute atomic E-state index is 0. The summed E-state index contributed by atoms with van der Waals surface area (Å²) in [6, 6.07) is 6.08.